The van der Waals surface area contributed by atoms with E-state index in [1.54, 1.807) is 0 Å². The van der Waals surface area contributed by atoms with E-state index in [9.17, 15) is 0 Å². The molecule has 0 amide bonds. The largest absolute Gasteiger partial charge is 0.454 e. The molecular weight excluding hydrogens is 727 g/mol. The lowest BCUT2D eigenvalue weighted by Gasteiger charge is -2.29. The van der Waals surface area contributed by atoms with Crippen LogP contribution in [-0.2, 0) is 18.3 Å². The molecule has 1 heterocycles. The molecular formula is C58H55NO. The number of hydrogen-bond donors (Lipinski definition) is 0. The Morgan fingerprint density at radius 1 is 0.517 bits per heavy atom. The van der Waals surface area contributed by atoms with Gasteiger partial charge in [-0.3, -0.25) is 0 Å². The summed E-state index contributed by atoms with van der Waals surface area (Å²) in [6.07, 6.45) is 12.2. The summed E-state index contributed by atoms with van der Waals surface area (Å²) in [7, 11) is 0. The molecule has 1 fully saturated rings. The van der Waals surface area contributed by atoms with Gasteiger partial charge in [-0.15, -0.1) is 0 Å². The quantitative estimate of drug-likeness (QED) is 0.173. The maximum absolute atomic E-state index is 7.39. The van der Waals surface area contributed by atoms with Crippen LogP contribution < -0.4 is 4.90 Å². The van der Waals surface area contributed by atoms with Gasteiger partial charge in [-0.25, -0.2) is 0 Å². The number of anilines is 3. The van der Waals surface area contributed by atoms with E-state index in [0.717, 1.165) is 35.4 Å². The average molecular weight is 782 g/mol. The fourth-order valence-electron chi connectivity index (χ4n) is 11.4. The average Bonchev–Trinajstić information content (AvgIpc) is 3.78. The van der Waals surface area contributed by atoms with Crippen LogP contribution in [-0.4, -0.2) is 0 Å². The van der Waals surface area contributed by atoms with Crippen LogP contribution in [0.15, 0.2) is 138 Å². The third-order valence-corrected chi connectivity index (χ3v) is 14.5. The molecule has 0 aliphatic heterocycles. The zero-order valence-electron chi connectivity index (χ0n) is 35.7. The highest BCUT2D eigenvalue weighted by Crippen LogP contribution is 2.52. The van der Waals surface area contributed by atoms with E-state index in [-0.39, 0.29) is 5.41 Å². The lowest BCUT2D eigenvalue weighted by atomic mass is 9.82. The van der Waals surface area contributed by atoms with Crippen molar-refractivity contribution < 1.29 is 4.42 Å². The van der Waals surface area contributed by atoms with E-state index in [0.29, 0.717) is 5.92 Å². The molecule has 1 saturated carbocycles. The molecule has 0 atom stereocenters. The van der Waals surface area contributed by atoms with Gasteiger partial charge in [0.1, 0.15) is 5.58 Å². The number of benzene rings is 7. The summed E-state index contributed by atoms with van der Waals surface area (Å²) in [6.45, 7) is 9.22. The minimum atomic E-state index is -0.119. The fraction of sp³-hybridized carbons (Fsp3) is 0.276. The Morgan fingerprint density at radius 3 is 2.03 bits per heavy atom. The molecule has 7 aromatic carbocycles. The molecule has 0 unspecified atom stereocenters. The lowest BCUT2D eigenvalue weighted by Crippen LogP contribution is -2.16. The van der Waals surface area contributed by atoms with Crippen LogP contribution in [0.1, 0.15) is 110 Å². The molecule has 0 bridgehead atoms. The van der Waals surface area contributed by atoms with Crippen molar-refractivity contribution in [3.05, 3.63) is 172 Å². The maximum Gasteiger partial charge on any atom is 0.159 e. The molecule has 2 heteroatoms. The van der Waals surface area contributed by atoms with Gasteiger partial charge in [-0.05, 0) is 168 Å². The van der Waals surface area contributed by atoms with Gasteiger partial charge in [0.25, 0.3) is 0 Å². The van der Waals surface area contributed by atoms with Crippen molar-refractivity contribution in [2.75, 3.05) is 4.90 Å². The van der Waals surface area contributed by atoms with Gasteiger partial charge in [0.2, 0.25) is 0 Å². The number of aryl methyl sites for hydroxylation is 4. The Kier molecular flexibility index (Phi) is 9.10. The summed E-state index contributed by atoms with van der Waals surface area (Å²) in [5.74, 6) is 0.494. The molecule has 0 radical (unpaired) electrons. The van der Waals surface area contributed by atoms with Crippen LogP contribution in [0.4, 0.5) is 17.1 Å². The summed E-state index contributed by atoms with van der Waals surface area (Å²) in [4.78, 5) is 2.51. The first-order chi connectivity index (χ1) is 29.3. The highest BCUT2D eigenvalue weighted by Gasteiger charge is 2.36. The predicted octanol–water partition coefficient (Wildman–Crippen LogP) is 16.6. The standard InChI is InChI=1S/C58H55NO/c1-37-26-29-45(38(2)32-37)42-34-51(40-17-8-5-9-18-40)56-52(35-42)50-23-15-25-55(57(50)60-56)59(44-28-31-49-48-22-13-14-24-53(48)58(3,4)54(49)36-44)43-27-30-47-41(33-43)20-10-6-7-16-39-19-11-12-21-46(39)47/h11-15,19,21-36,40H,5-10,16-18,20H2,1-4H3. The first-order valence-electron chi connectivity index (χ1n) is 22.7. The second-order valence-corrected chi connectivity index (χ2v) is 18.6. The lowest BCUT2D eigenvalue weighted by molar-refractivity contribution is 0.442. The first kappa shape index (κ1) is 37.2. The second-order valence-electron chi connectivity index (χ2n) is 18.6. The van der Waals surface area contributed by atoms with E-state index in [1.165, 1.54) is 140 Å². The van der Waals surface area contributed by atoms with Crippen LogP contribution in [0.2, 0.25) is 0 Å². The summed E-state index contributed by atoms with van der Waals surface area (Å²) < 4.78 is 7.39. The van der Waals surface area contributed by atoms with Crippen LogP contribution in [0.5, 0.6) is 0 Å². The predicted molar refractivity (Wildman–Crippen MR) is 253 cm³/mol. The summed E-state index contributed by atoms with van der Waals surface area (Å²) in [5, 5.41) is 2.41. The SMILES string of the molecule is Cc1ccc(-c2cc(C3CCCCC3)c3oc4c(N(c5ccc6c(c5)CCCCCc5ccccc5-6)c5ccc6c(c5)C(C)(C)c5ccccc5-6)cccc4c3c2)c(C)c1. The Balaban J connectivity index is 1.15. The number of nitrogens with zero attached hydrogens (tertiary/aromatic N) is 1. The van der Waals surface area contributed by atoms with Crippen molar-refractivity contribution in [2.45, 2.75) is 103 Å². The Bertz CT molecular complexity index is 2950. The number of furan rings is 1. The van der Waals surface area contributed by atoms with Crippen molar-refractivity contribution in [2.24, 2.45) is 0 Å². The molecule has 0 saturated heterocycles. The zero-order valence-corrected chi connectivity index (χ0v) is 35.7. The van der Waals surface area contributed by atoms with Gasteiger partial charge < -0.3 is 9.32 Å². The maximum atomic E-state index is 7.39. The van der Waals surface area contributed by atoms with Crippen molar-refractivity contribution >= 4 is 39.0 Å². The smallest absolute Gasteiger partial charge is 0.159 e. The van der Waals surface area contributed by atoms with Crippen LogP contribution in [0, 0.1) is 13.8 Å². The van der Waals surface area contributed by atoms with Gasteiger partial charge in [-0.1, -0.05) is 136 Å². The molecule has 3 aliphatic rings. The van der Waals surface area contributed by atoms with E-state index >= 15 is 0 Å². The van der Waals surface area contributed by atoms with Crippen LogP contribution in [0.25, 0.3) is 55.3 Å². The van der Waals surface area contributed by atoms with Gasteiger partial charge in [0.15, 0.2) is 5.58 Å². The fourth-order valence-corrected chi connectivity index (χ4v) is 11.4. The van der Waals surface area contributed by atoms with Gasteiger partial charge >= 0.3 is 0 Å². The molecule has 8 aromatic rings. The van der Waals surface area contributed by atoms with Crippen molar-refractivity contribution in [1.82, 2.24) is 0 Å². The first-order valence-corrected chi connectivity index (χ1v) is 22.7. The molecule has 0 spiro atoms. The Hall–Kier alpha value is -5.86. The van der Waals surface area contributed by atoms with Gasteiger partial charge in [-0.2, -0.15) is 0 Å². The summed E-state index contributed by atoms with van der Waals surface area (Å²) in [5.41, 5.74) is 23.0. The molecule has 60 heavy (non-hydrogen) atoms. The zero-order chi connectivity index (χ0) is 40.5. The summed E-state index contributed by atoms with van der Waals surface area (Å²) in [6, 6.07) is 51.2. The molecule has 0 N–H and O–H groups in total. The Labute approximate surface area is 355 Å². The minimum absolute atomic E-state index is 0.119. The monoisotopic (exact) mass is 781 g/mol. The second kappa shape index (κ2) is 14.7. The van der Waals surface area contributed by atoms with Gasteiger partial charge in [0.05, 0.1) is 5.69 Å². The molecule has 2 nitrogen and oxygen atoms in total. The van der Waals surface area contributed by atoms with Gasteiger partial charge in [0, 0.05) is 27.6 Å². The highest BCUT2D eigenvalue weighted by atomic mass is 16.3. The van der Waals surface area contributed by atoms with E-state index in [4.69, 9.17) is 4.42 Å². The van der Waals surface area contributed by atoms with Crippen LogP contribution >= 0.6 is 0 Å². The molecule has 3 aliphatic carbocycles. The Morgan fingerprint density at radius 2 is 1.20 bits per heavy atom. The van der Waals surface area contributed by atoms with Crippen molar-refractivity contribution in [3.63, 3.8) is 0 Å². The van der Waals surface area contributed by atoms with Crippen LogP contribution in [0.3, 0.4) is 0 Å². The normalized spacial score (nSPS) is 16.1. The number of para-hydroxylation sites is 1. The number of fused-ring (bicyclic) bond motifs is 9. The molecule has 1 aromatic heterocycles. The van der Waals surface area contributed by atoms with Crippen molar-refractivity contribution in [3.8, 4) is 33.4 Å². The summed E-state index contributed by atoms with van der Waals surface area (Å²) >= 11 is 0. The van der Waals surface area contributed by atoms with E-state index in [1.807, 2.05) is 0 Å². The molecule has 298 valence electrons. The van der Waals surface area contributed by atoms with E-state index < -0.39 is 0 Å². The third kappa shape index (κ3) is 6.13. The highest BCUT2D eigenvalue weighted by molar-refractivity contribution is 6.12. The minimum Gasteiger partial charge on any atom is -0.454 e. The number of rotatable bonds is 5. The number of hydrogen-bond acceptors (Lipinski definition) is 2. The van der Waals surface area contributed by atoms with Crippen molar-refractivity contribution in [1.29, 1.82) is 0 Å². The molecule has 11 rings (SSSR count). The topological polar surface area (TPSA) is 16.4 Å². The third-order valence-electron chi connectivity index (χ3n) is 14.5. The van der Waals surface area contributed by atoms with E-state index in [2.05, 4.69) is 166 Å².